The molecule has 1 aromatic heterocycles. The minimum atomic E-state index is 0.154. The molecule has 0 fully saturated rings. The molecule has 0 saturated carbocycles. The Hall–Kier alpha value is -2.88. The van der Waals surface area contributed by atoms with Gasteiger partial charge in [-0.25, -0.2) is 4.98 Å². The summed E-state index contributed by atoms with van der Waals surface area (Å²) in [5.74, 6) is 1.64. The average Bonchev–Trinajstić information content (AvgIpc) is 3.06. The number of hydrogen-bond acceptors (Lipinski definition) is 4. The Bertz CT molecular complexity index is 876. The lowest BCUT2D eigenvalue weighted by molar-refractivity contribution is 0.852. The molecule has 4 heteroatoms. The van der Waals surface area contributed by atoms with Crippen LogP contribution in [0.1, 0.15) is 29.8 Å². The smallest absolute Gasteiger partial charge is 0.225 e. The molecule has 0 amide bonds. The van der Waals surface area contributed by atoms with Crippen LogP contribution in [0, 0.1) is 6.92 Å². The van der Waals surface area contributed by atoms with Crippen molar-refractivity contribution < 1.29 is 0 Å². The zero-order chi connectivity index (χ0) is 17.2. The molecule has 4 rings (SSSR count). The molecule has 0 radical (unpaired) electrons. The van der Waals surface area contributed by atoms with Crippen molar-refractivity contribution in [3.63, 3.8) is 0 Å². The summed E-state index contributed by atoms with van der Waals surface area (Å²) in [6.07, 6.45) is 1.06. The number of anilines is 3. The van der Waals surface area contributed by atoms with E-state index < -0.39 is 0 Å². The first kappa shape index (κ1) is 15.6. The third kappa shape index (κ3) is 3.20. The highest BCUT2D eigenvalue weighted by atomic mass is 15.2. The van der Waals surface area contributed by atoms with Crippen molar-refractivity contribution in [2.75, 3.05) is 16.8 Å². The van der Waals surface area contributed by atoms with Crippen molar-refractivity contribution in [3.8, 4) is 0 Å². The van der Waals surface area contributed by atoms with Crippen LogP contribution in [0.3, 0.4) is 0 Å². The second-order valence-corrected chi connectivity index (χ2v) is 6.50. The summed E-state index contributed by atoms with van der Waals surface area (Å²) < 4.78 is 0. The minimum Gasteiger partial charge on any atom is -0.348 e. The molecular formula is C21H22N4. The highest BCUT2D eigenvalue weighted by Crippen LogP contribution is 2.33. The first-order valence-corrected chi connectivity index (χ1v) is 8.73. The van der Waals surface area contributed by atoms with Crippen LogP contribution >= 0.6 is 0 Å². The molecule has 0 aliphatic carbocycles. The summed E-state index contributed by atoms with van der Waals surface area (Å²) in [4.78, 5) is 11.6. The van der Waals surface area contributed by atoms with Gasteiger partial charge in [-0.15, -0.1) is 0 Å². The second kappa shape index (κ2) is 6.55. The van der Waals surface area contributed by atoms with Gasteiger partial charge in [-0.3, -0.25) is 0 Å². The fraction of sp³-hybridized carbons (Fsp3) is 0.238. The van der Waals surface area contributed by atoms with Crippen LogP contribution in [0.25, 0.3) is 0 Å². The Morgan fingerprint density at radius 2 is 1.76 bits per heavy atom. The maximum absolute atomic E-state index is 4.78. The molecule has 2 aromatic carbocycles. The van der Waals surface area contributed by atoms with Crippen LogP contribution in [0.15, 0.2) is 60.7 Å². The predicted molar refractivity (Wildman–Crippen MR) is 102 cm³/mol. The van der Waals surface area contributed by atoms with Crippen LogP contribution in [-0.4, -0.2) is 16.5 Å². The lowest BCUT2D eigenvalue weighted by Crippen LogP contribution is -2.17. The van der Waals surface area contributed by atoms with Crippen LogP contribution in [0.2, 0.25) is 0 Å². The van der Waals surface area contributed by atoms with E-state index in [0.29, 0.717) is 5.95 Å². The molecule has 1 aliphatic rings. The second-order valence-electron chi connectivity index (χ2n) is 6.50. The van der Waals surface area contributed by atoms with E-state index in [2.05, 4.69) is 76.7 Å². The van der Waals surface area contributed by atoms with E-state index in [4.69, 9.17) is 4.98 Å². The number of aromatic nitrogens is 2. The lowest BCUT2D eigenvalue weighted by Gasteiger charge is -2.21. The molecule has 25 heavy (non-hydrogen) atoms. The summed E-state index contributed by atoms with van der Waals surface area (Å²) in [5, 5.41) is 3.44. The van der Waals surface area contributed by atoms with E-state index in [-0.39, 0.29) is 6.04 Å². The van der Waals surface area contributed by atoms with Crippen LogP contribution in [0.4, 0.5) is 17.5 Å². The Morgan fingerprint density at radius 1 is 1.00 bits per heavy atom. The minimum absolute atomic E-state index is 0.154. The molecule has 0 saturated heterocycles. The van der Waals surface area contributed by atoms with Crippen molar-refractivity contribution in [1.29, 1.82) is 0 Å². The van der Waals surface area contributed by atoms with Crippen LogP contribution in [-0.2, 0) is 6.42 Å². The van der Waals surface area contributed by atoms with Crippen LogP contribution in [0.5, 0.6) is 0 Å². The van der Waals surface area contributed by atoms with Gasteiger partial charge in [-0.2, -0.15) is 4.98 Å². The zero-order valence-corrected chi connectivity index (χ0v) is 14.6. The summed E-state index contributed by atoms with van der Waals surface area (Å²) in [6.45, 7) is 5.11. The Labute approximate surface area is 148 Å². The van der Waals surface area contributed by atoms with Crippen molar-refractivity contribution in [2.45, 2.75) is 26.3 Å². The molecule has 126 valence electrons. The summed E-state index contributed by atoms with van der Waals surface area (Å²) >= 11 is 0. The monoisotopic (exact) mass is 330 g/mol. The number of aryl methyl sites for hydroxylation is 1. The van der Waals surface area contributed by atoms with E-state index in [1.807, 2.05) is 13.0 Å². The average molecular weight is 330 g/mol. The molecule has 0 bridgehead atoms. The normalized spacial score (nSPS) is 14.2. The van der Waals surface area contributed by atoms with Gasteiger partial charge in [0.2, 0.25) is 5.95 Å². The van der Waals surface area contributed by atoms with Gasteiger partial charge in [0.05, 0.1) is 6.04 Å². The lowest BCUT2D eigenvalue weighted by atomic mass is 10.1. The van der Waals surface area contributed by atoms with Gasteiger partial charge in [-0.05, 0) is 37.5 Å². The standard InChI is InChI=1S/C21H22N4/c1-15-14-20(25-13-12-18-10-6-7-11-19(18)25)24-21(22-15)23-16(2)17-8-4-3-5-9-17/h3-11,14,16H,12-13H2,1-2H3,(H,22,23,24). The maximum Gasteiger partial charge on any atom is 0.225 e. The molecular weight excluding hydrogens is 308 g/mol. The van der Waals surface area contributed by atoms with Gasteiger partial charge in [0, 0.05) is 24.0 Å². The van der Waals surface area contributed by atoms with Gasteiger partial charge < -0.3 is 10.2 Å². The van der Waals surface area contributed by atoms with Gasteiger partial charge >= 0.3 is 0 Å². The van der Waals surface area contributed by atoms with E-state index in [1.165, 1.54) is 16.8 Å². The number of benzene rings is 2. The zero-order valence-electron chi connectivity index (χ0n) is 14.6. The number of para-hydroxylation sites is 1. The third-order valence-electron chi connectivity index (χ3n) is 4.65. The molecule has 1 aliphatic heterocycles. The van der Waals surface area contributed by atoms with Crippen LogP contribution < -0.4 is 10.2 Å². The number of nitrogens with one attached hydrogen (secondary N) is 1. The van der Waals surface area contributed by atoms with Crippen molar-refractivity contribution in [1.82, 2.24) is 9.97 Å². The predicted octanol–water partition coefficient (Wildman–Crippen LogP) is 4.65. The quantitative estimate of drug-likeness (QED) is 0.756. The van der Waals surface area contributed by atoms with E-state index in [9.17, 15) is 0 Å². The molecule has 3 aromatic rings. The summed E-state index contributed by atoms with van der Waals surface area (Å²) in [5.41, 5.74) is 4.83. The molecule has 0 spiro atoms. The maximum atomic E-state index is 4.78. The summed E-state index contributed by atoms with van der Waals surface area (Å²) in [6, 6.07) is 21.1. The molecule has 1 N–H and O–H groups in total. The molecule has 4 nitrogen and oxygen atoms in total. The fourth-order valence-electron chi connectivity index (χ4n) is 3.35. The highest BCUT2D eigenvalue weighted by Gasteiger charge is 2.21. The SMILES string of the molecule is Cc1cc(N2CCc3ccccc32)nc(NC(C)c2ccccc2)n1. The number of rotatable bonds is 4. The molecule has 1 unspecified atom stereocenters. The molecule has 2 heterocycles. The summed E-state index contributed by atoms with van der Waals surface area (Å²) in [7, 11) is 0. The van der Waals surface area contributed by atoms with Gasteiger partial charge in [0.25, 0.3) is 0 Å². The fourth-order valence-corrected chi connectivity index (χ4v) is 3.35. The number of hydrogen-bond donors (Lipinski definition) is 1. The number of nitrogens with zero attached hydrogens (tertiary/aromatic N) is 3. The van der Waals surface area contributed by atoms with E-state index >= 15 is 0 Å². The van der Waals surface area contributed by atoms with Crippen molar-refractivity contribution in [3.05, 3.63) is 77.5 Å². The van der Waals surface area contributed by atoms with Gasteiger partial charge in [0.1, 0.15) is 5.82 Å². The van der Waals surface area contributed by atoms with Gasteiger partial charge in [0.15, 0.2) is 0 Å². The van der Waals surface area contributed by atoms with Crippen molar-refractivity contribution >= 4 is 17.5 Å². The topological polar surface area (TPSA) is 41.1 Å². The molecule has 1 atom stereocenters. The largest absolute Gasteiger partial charge is 0.348 e. The van der Waals surface area contributed by atoms with Gasteiger partial charge in [-0.1, -0.05) is 48.5 Å². The highest BCUT2D eigenvalue weighted by molar-refractivity contribution is 5.68. The van der Waals surface area contributed by atoms with Crippen molar-refractivity contribution in [2.24, 2.45) is 0 Å². The Morgan fingerprint density at radius 3 is 2.60 bits per heavy atom. The number of fused-ring (bicyclic) bond motifs is 1. The third-order valence-corrected chi connectivity index (χ3v) is 4.65. The first-order chi connectivity index (χ1) is 12.2. The Kier molecular flexibility index (Phi) is 4.10. The Balaban J connectivity index is 1.62. The first-order valence-electron chi connectivity index (χ1n) is 8.73. The van der Waals surface area contributed by atoms with E-state index in [1.54, 1.807) is 0 Å². The van der Waals surface area contributed by atoms with E-state index in [0.717, 1.165) is 24.5 Å².